The summed E-state index contributed by atoms with van der Waals surface area (Å²) in [5, 5.41) is 11.8. The number of amides is 1. The highest BCUT2D eigenvalue weighted by Gasteiger charge is 2.21. The van der Waals surface area contributed by atoms with Gasteiger partial charge in [0.1, 0.15) is 0 Å². The topological polar surface area (TPSA) is 49.3 Å². The summed E-state index contributed by atoms with van der Waals surface area (Å²) < 4.78 is 0. The Labute approximate surface area is 105 Å². The van der Waals surface area contributed by atoms with E-state index in [2.05, 4.69) is 12.2 Å². The van der Waals surface area contributed by atoms with Crippen LogP contribution in [-0.4, -0.2) is 24.2 Å². The van der Waals surface area contributed by atoms with E-state index in [9.17, 15) is 4.79 Å². The molecule has 3 nitrogen and oxygen atoms in total. The Morgan fingerprint density at radius 1 is 1.35 bits per heavy atom. The van der Waals surface area contributed by atoms with Crippen molar-refractivity contribution in [3.8, 4) is 0 Å². The first-order chi connectivity index (χ1) is 8.13. The van der Waals surface area contributed by atoms with Gasteiger partial charge in [0.15, 0.2) is 0 Å². The zero-order valence-electron chi connectivity index (χ0n) is 11.2. The normalized spacial score (nSPS) is 20.2. The fourth-order valence-corrected chi connectivity index (χ4v) is 2.62. The van der Waals surface area contributed by atoms with E-state index in [1.165, 1.54) is 25.7 Å². The molecular formula is C14H27NO2. The van der Waals surface area contributed by atoms with E-state index in [1.54, 1.807) is 0 Å². The summed E-state index contributed by atoms with van der Waals surface area (Å²) in [4.78, 5) is 11.9. The van der Waals surface area contributed by atoms with Crippen molar-refractivity contribution >= 4 is 5.91 Å². The van der Waals surface area contributed by atoms with Crippen LogP contribution in [0.2, 0.25) is 0 Å². The van der Waals surface area contributed by atoms with Crippen LogP contribution in [0.1, 0.15) is 52.4 Å². The lowest BCUT2D eigenvalue weighted by Crippen LogP contribution is -2.33. The number of rotatable bonds is 7. The Morgan fingerprint density at radius 2 is 2.00 bits per heavy atom. The van der Waals surface area contributed by atoms with Crippen LogP contribution in [0.4, 0.5) is 0 Å². The van der Waals surface area contributed by atoms with Crippen LogP contribution >= 0.6 is 0 Å². The molecule has 1 aliphatic carbocycles. The highest BCUT2D eigenvalue weighted by molar-refractivity contribution is 5.78. The molecule has 1 aliphatic rings. The maximum absolute atomic E-state index is 11.9. The van der Waals surface area contributed by atoms with Crippen LogP contribution in [-0.2, 0) is 4.79 Å². The Morgan fingerprint density at radius 3 is 2.59 bits per heavy atom. The van der Waals surface area contributed by atoms with Crippen molar-refractivity contribution in [2.24, 2.45) is 17.8 Å². The molecule has 0 aromatic heterocycles. The highest BCUT2D eigenvalue weighted by atomic mass is 16.3. The third-order valence-electron chi connectivity index (χ3n) is 3.86. The Hall–Kier alpha value is -0.570. The molecule has 0 aliphatic heterocycles. The van der Waals surface area contributed by atoms with E-state index in [0.717, 1.165) is 18.8 Å². The van der Waals surface area contributed by atoms with Crippen LogP contribution in [0.25, 0.3) is 0 Å². The second kappa shape index (κ2) is 7.70. The summed E-state index contributed by atoms with van der Waals surface area (Å²) in [5.74, 6) is 1.45. The molecule has 0 saturated heterocycles. The van der Waals surface area contributed by atoms with Gasteiger partial charge in [-0.15, -0.1) is 0 Å². The largest absolute Gasteiger partial charge is 0.396 e. The van der Waals surface area contributed by atoms with Gasteiger partial charge in [-0.05, 0) is 24.7 Å². The fraction of sp³-hybridized carbons (Fsp3) is 0.929. The number of nitrogens with one attached hydrogen (secondary N) is 1. The van der Waals surface area contributed by atoms with Gasteiger partial charge in [0.25, 0.3) is 0 Å². The summed E-state index contributed by atoms with van der Waals surface area (Å²) in [6.45, 7) is 4.98. The van der Waals surface area contributed by atoms with E-state index in [4.69, 9.17) is 5.11 Å². The molecule has 2 unspecified atom stereocenters. The lowest BCUT2D eigenvalue weighted by atomic mass is 9.94. The third-order valence-corrected chi connectivity index (χ3v) is 3.86. The second-order valence-corrected chi connectivity index (χ2v) is 5.65. The lowest BCUT2D eigenvalue weighted by molar-refractivity contribution is -0.125. The van der Waals surface area contributed by atoms with E-state index >= 15 is 0 Å². The highest BCUT2D eigenvalue weighted by Crippen LogP contribution is 2.30. The zero-order valence-corrected chi connectivity index (χ0v) is 11.2. The molecule has 100 valence electrons. The lowest BCUT2D eigenvalue weighted by Gasteiger charge is -2.17. The molecule has 17 heavy (non-hydrogen) atoms. The van der Waals surface area contributed by atoms with Crippen molar-refractivity contribution in [3.63, 3.8) is 0 Å². The van der Waals surface area contributed by atoms with Gasteiger partial charge in [-0.2, -0.15) is 0 Å². The number of aliphatic hydroxyl groups excluding tert-OH is 1. The first-order valence-electron chi connectivity index (χ1n) is 7.02. The standard InChI is InChI=1S/C14H27NO2/c1-11(7-8-16)10-15-14(17)12(2)9-13-5-3-4-6-13/h11-13,16H,3-10H2,1-2H3,(H,15,17). The number of aliphatic hydroxyl groups is 1. The molecule has 1 fully saturated rings. The van der Waals surface area contributed by atoms with Gasteiger partial charge >= 0.3 is 0 Å². The quantitative estimate of drug-likeness (QED) is 0.719. The monoisotopic (exact) mass is 241 g/mol. The van der Waals surface area contributed by atoms with Crippen molar-refractivity contribution in [2.75, 3.05) is 13.2 Å². The van der Waals surface area contributed by atoms with Crippen molar-refractivity contribution in [3.05, 3.63) is 0 Å². The molecule has 2 atom stereocenters. The minimum Gasteiger partial charge on any atom is -0.396 e. The maximum Gasteiger partial charge on any atom is 0.222 e. The molecule has 2 N–H and O–H groups in total. The van der Waals surface area contributed by atoms with Crippen molar-refractivity contribution < 1.29 is 9.90 Å². The van der Waals surface area contributed by atoms with Gasteiger partial charge in [-0.25, -0.2) is 0 Å². The second-order valence-electron chi connectivity index (χ2n) is 5.65. The molecule has 1 amide bonds. The van der Waals surface area contributed by atoms with Crippen LogP contribution < -0.4 is 5.32 Å². The molecule has 0 radical (unpaired) electrons. The minimum absolute atomic E-state index is 0.138. The van der Waals surface area contributed by atoms with Gasteiger partial charge in [-0.3, -0.25) is 4.79 Å². The smallest absolute Gasteiger partial charge is 0.222 e. The van der Waals surface area contributed by atoms with E-state index < -0.39 is 0 Å². The Bertz CT molecular complexity index is 224. The Balaban J connectivity index is 2.17. The minimum atomic E-state index is 0.138. The van der Waals surface area contributed by atoms with E-state index in [1.807, 2.05) is 6.92 Å². The summed E-state index contributed by atoms with van der Waals surface area (Å²) >= 11 is 0. The molecular weight excluding hydrogens is 214 g/mol. The third kappa shape index (κ3) is 5.53. The predicted octanol–water partition coefficient (Wildman–Crippen LogP) is 2.34. The van der Waals surface area contributed by atoms with Crippen molar-refractivity contribution in [1.82, 2.24) is 5.32 Å². The molecule has 0 aromatic rings. The number of hydrogen-bond acceptors (Lipinski definition) is 2. The molecule has 0 spiro atoms. The summed E-state index contributed by atoms with van der Waals surface area (Å²) in [6.07, 6.45) is 7.09. The van der Waals surface area contributed by atoms with Gasteiger partial charge in [0, 0.05) is 19.1 Å². The van der Waals surface area contributed by atoms with Crippen LogP contribution in [0.5, 0.6) is 0 Å². The Kier molecular flexibility index (Phi) is 6.56. The zero-order chi connectivity index (χ0) is 12.7. The first kappa shape index (κ1) is 14.5. The predicted molar refractivity (Wildman–Crippen MR) is 69.6 cm³/mol. The van der Waals surface area contributed by atoms with E-state index in [0.29, 0.717) is 12.5 Å². The van der Waals surface area contributed by atoms with Gasteiger partial charge in [-0.1, -0.05) is 39.5 Å². The van der Waals surface area contributed by atoms with E-state index in [-0.39, 0.29) is 18.4 Å². The molecule has 0 aromatic carbocycles. The van der Waals surface area contributed by atoms with Gasteiger partial charge in [0.2, 0.25) is 5.91 Å². The molecule has 0 bridgehead atoms. The molecule has 1 saturated carbocycles. The van der Waals surface area contributed by atoms with Gasteiger partial charge < -0.3 is 10.4 Å². The maximum atomic E-state index is 11.9. The SMILES string of the molecule is CC(CCO)CNC(=O)C(C)CC1CCCC1. The summed E-state index contributed by atoms with van der Waals surface area (Å²) in [7, 11) is 0. The summed E-state index contributed by atoms with van der Waals surface area (Å²) in [6, 6.07) is 0. The average molecular weight is 241 g/mol. The number of carbonyl (C=O) groups excluding carboxylic acids is 1. The number of carbonyl (C=O) groups is 1. The molecule has 1 rings (SSSR count). The molecule has 3 heteroatoms. The average Bonchev–Trinajstić information content (AvgIpc) is 2.79. The summed E-state index contributed by atoms with van der Waals surface area (Å²) in [5.41, 5.74) is 0. The molecule has 0 heterocycles. The van der Waals surface area contributed by atoms with Crippen molar-refractivity contribution in [1.29, 1.82) is 0 Å². The first-order valence-corrected chi connectivity index (χ1v) is 7.02. The van der Waals surface area contributed by atoms with Crippen LogP contribution in [0, 0.1) is 17.8 Å². The number of hydrogen-bond donors (Lipinski definition) is 2. The van der Waals surface area contributed by atoms with Crippen LogP contribution in [0.3, 0.4) is 0 Å². The van der Waals surface area contributed by atoms with Gasteiger partial charge in [0.05, 0.1) is 0 Å². The van der Waals surface area contributed by atoms with Crippen LogP contribution in [0.15, 0.2) is 0 Å². The fourth-order valence-electron chi connectivity index (χ4n) is 2.62. The van der Waals surface area contributed by atoms with Crippen molar-refractivity contribution in [2.45, 2.75) is 52.4 Å².